The SMILES string of the molecule is C#CCNC(=O)C(C)SCC1(CC(=O)OC)CC1. The van der Waals surface area contributed by atoms with Gasteiger partial charge < -0.3 is 10.1 Å². The second kappa shape index (κ2) is 6.69. The van der Waals surface area contributed by atoms with Crippen molar-refractivity contribution in [3.8, 4) is 12.3 Å². The minimum atomic E-state index is -0.169. The Morgan fingerprint density at radius 3 is 2.72 bits per heavy atom. The number of nitrogens with one attached hydrogen (secondary N) is 1. The van der Waals surface area contributed by atoms with E-state index in [4.69, 9.17) is 6.42 Å². The molecule has 1 amide bonds. The van der Waals surface area contributed by atoms with Gasteiger partial charge in [0.25, 0.3) is 0 Å². The van der Waals surface area contributed by atoms with Crippen LogP contribution in [-0.2, 0) is 14.3 Å². The monoisotopic (exact) mass is 269 g/mol. The Bertz CT molecular complexity index is 358. The number of hydrogen-bond acceptors (Lipinski definition) is 4. The quantitative estimate of drug-likeness (QED) is 0.557. The molecule has 0 spiro atoms. The van der Waals surface area contributed by atoms with Crippen molar-refractivity contribution in [1.29, 1.82) is 0 Å². The Morgan fingerprint density at radius 1 is 1.56 bits per heavy atom. The van der Waals surface area contributed by atoms with Gasteiger partial charge in [0.1, 0.15) is 0 Å². The number of methoxy groups -OCH3 is 1. The van der Waals surface area contributed by atoms with Gasteiger partial charge >= 0.3 is 5.97 Å². The third-order valence-corrected chi connectivity index (χ3v) is 4.57. The van der Waals surface area contributed by atoms with Crippen LogP contribution in [0, 0.1) is 17.8 Å². The summed E-state index contributed by atoms with van der Waals surface area (Å²) in [6, 6.07) is 0. The Kier molecular flexibility index (Phi) is 5.54. The Hall–Kier alpha value is -1.15. The van der Waals surface area contributed by atoms with Gasteiger partial charge in [0.2, 0.25) is 5.91 Å². The highest BCUT2D eigenvalue weighted by Gasteiger charge is 2.44. The maximum absolute atomic E-state index is 11.6. The van der Waals surface area contributed by atoms with Gasteiger partial charge in [-0.15, -0.1) is 18.2 Å². The molecule has 0 aromatic rings. The number of terminal acetylenes is 1. The zero-order valence-electron chi connectivity index (χ0n) is 10.8. The fourth-order valence-electron chi connectivity index (χ4n) is 1.59. The molecule has 1 unspecified atom stereocenters. The van der Waals surface area contributed by atoms with Gasteiger partial charge in [0.05, 0.1) is 25.3 Å². The summed E-state index contributed by atoms with van der Waals surface area (Å²) in [6.45, 7) is 2.11. The molecule has 1 aliphatic rings. The maximum atomic E-state index is 11.6. The smallest absolute Gasteiger partial charge is 0.306 e. The summed E-state index contributed by atoms with van der Waals surface area (Å²) in [5.41, 5.74) is 0.0540. The predicted molar refractivity (Wildman–Crippen MR) is 72.1 cm³/mol. The molecule has 0 saturated heterocycles. The number of carbonyl (C=O) groups excluding carboxylic acids is 2. The van der Waals surface area contributed by atoms with Crippen molar-refractivity contribution in [2.75, 3.05) is 19.4 Å². The van der Waals surface area contributed by atoms with Crippen molar-refractivity contribution in [2.24, 2.45) is 5.41 Å². The summed E-state index contributed by atoms with van der Waals surface area (Å²) in [4.78, 5) is 22.9. The van der Waals surface area contributed by atoms with Gasteiger partial charge in [-0.3, -0.25) is 9.59 Å². The second-order valence-electron chi connectivity index (χ2n) is 4.63. The highest BCUT2D eigenvalue weighted by molar-refractivity contribution is 8.00. The highest BCUT2D eigenvalue weighted by atomic mass is 32.2. The summed E-state index contributed by atoms with van der Waals surface area (Å²) in [6.07, 6.45) is 7.60. The van der Waals surface area contributed by atoms with E-state index < -0.39 is 0 Å². The standard InChI is InChI=1S/C13H19NO3S/c1-4-7-14-12(16)10(2)18-9-13(5-6-13)8-11(15)17-3/h1,10H,5-9H2,2-3H3,(H,14,16). The molecule has 0 bridgehead atoms. The number of amides is 1. The van der Waals surface area contributed by atoms with Crippen molar-refractivity contribution in [1.82, 2.24) is 5.32 Å². The van der Waals surface area contributed by atoms with Crippen molar-refractivity contribution >= 4 is 23.6 Å². The molecular weight excluding hydrogens is 250 g/mol. The van der Waals surface area contributed by atoms with Crippen LogP contribution < -0.4 is 5.32 Å². The fourth-order valence-corrected chi connectivity index (χ4v) is 2.82. The minimum absolute atomic E-state index is 0.0492. The first-order chi connectivity index (χ1) is 8.53. The lowest BCUT2D eigenvalue weighted by Gasteiger charge is -2.16. The molecule has 0 radical (unpaired) electrons. The molecular formula is C13H19NO3S. The molecule has 1 N–H and O–H groups in total. The fraction of sp³-hybridized carbons (Fsp3) is 0.692. The molecule has 1 atom stereocenters. The maximum Gasteiger partial charge on any atom is 0.306 e. The number of hydrogen-bond donors (Lipinski definition) is 1. The van der Waals surface area contributed by atoms with Crippen LogP contribution in [0.1, 0.15) is 26.2 Å². The van der Waals surface area contributed by atoms with Crippen LogP contribution in [0.4, 0.5) is 0 Å². The van der Waals surface area contributed by atoms with Crippen LogP contribution in [0.2, 0.25) is 0 Å². The van der Waals surface area contributed by atoms with Crippen molar-refractivity contribution < 1.29 is 14.3 Å². The third kappa shape index (κ3) is 4.61. The Balaban J connectivity index is 2.30. The van der Waals surface area contributed by atoms with Crippen LogP contribution >= 0.6 is 11.8 Å². The first kappa shape index (κ1) is 14.9. The summed E-state index contributed by atoms with van der Waals surface area (Å²) in [7, 11) is 1.40. The molecule has 1 aliphatic carbocycles. The molecule has 0 aliphatic heterocycles. The third-order valence-electron chi connectivity index (χ3n) is 3.08. The van der Waals surface area contributed by atoms with E-state index in [0.29, 0.717) is 6.42 Å². The van der Waals surface area contributed by atoms with Crippen molar-refractivity contribution in [2.45, 2.75) is 31.4 Å². The first-order valence-electron chi connectivity index (χ1n) is 5.92. The van der Waals surface area contributed by atoms with E-state index in [0.717, 1.165) is 18.6 Å². The average molecular weight is 269 g/mol. The van der Waals surface area contributed by atoms with Crippen molar-refractivity contribution in [3.63, 3.8) is 0 Å². The van der Waals surface area contributed by atoms with Gasteiger partial charge in [-0.1, -0.05) is 5.92 Å². The second-order valence-corrected chi connectivity index (χ2v) is 5.96. The number of esters is 1. The first-order valence-corrected chi connectivity index (χ1v) is 6.97. The predicted octanol–water partition coefficient (Wildman–Crippen LogP) is 1.20. The van der Waals surface area contributed by atoms with E-state index in [1.54, 1.807) is 11.8 Å². The van der Waals surface area contributed by atoms with Crippen LogP contribution in [0.5, 0.6) is 0 Å². The normalized spacial score (nSPS) is 17.4. The average Bonchev–Trinajstić information content (AvgIpc) is 3.13. The molecule has 100 valence electrons. The van der Waals surface area contributed by atoms with Gasteiger partial charge in [-0.05, 0) is 25.2 Å². The topological polar surface area (TPSA) is 55.4 Å². The van der Waals surface area contributed by atoms with Gasteiger partial charge in [-0.25, -0.2) is 0 Å². The van der Waals surface area contributed by atoms with E-state index in [2.05, 4.69) is 16.0 Å². The molecule has 1 fully saturated rings. The van der Waals surface area contributed by atoms with Crippen molar-refractivity contribution in [3.05, 3.63) is 0 Å². The number of carbonyl (C=O) groups is 2. The van der Waals surface area contributed by atoms with E-state index in [1.165, 1.54) is 7.11 Å². The Labute approximate surface area is 112 Å². The molecule has 0 aromatic heterocycles. The van der Waals surface area contributed by atoms with Crippen LogP contribution in [0.25, 0.3) is 0 Å². The lowest BCUT2D eigenvalue weighted by Crippen LogP contribution is -2.31. The minimum Gasteiger partial charge on any atom is -0.469 e. The molecule has 1 saturated carbocycles. The zero-order chi connectivity index (χ0) is 13.6. The molecule has 18 heavy (non-hydrogen) atoms. The zero-order valence-corrected chi connectivity index (χ0v) is 11.6. The number of rotatable bonds is 7. The highest BCUT2D eigenvalue weighted by Crippen LogP contribution is 2.51. The Morgan fingerprint density at radius 2 is 2.22 bits per heavy atom. The lowest BCUT2D eigenvalue weighted by molar-refractivity contribution is -0.141. The van der Waals surface area contributed by atoms with Gasteiger partial charge in [-0.2, -0.15) is 0 Å². The summed E-state index contributed by atoms with van der Waals surface area (Å²) in [5.74, 6) is 2.96. The van der Waals surface area contributed by atoms with Gasteiger partial charge in [0.15, 0.2) is 0 Å². The molecule has 5 heteroatoms. The van der Waals surface area contributed by atoms with Gasteiger partial charge in [0, 0.05) is 5.75 Å². The number of thioether (sulfide) groups is 1. The lowest BCUT2D eigenvalue weighted by atomic mass is 10.1. The summed E-state index contributed by atoms with van der Waals surface area (Å²) < 4.78 is 4.68. The van der Waals surface area contributed by atoms with E-state index in [-0.39, 0.29) is 29.1 Å². The molecule has 0 aromatic carbocycles. The van der Waals surface area contributed by atoms with E-state index in [1.807, 2.05) is 6.92 Å². The van der Waals surface area contributed by atoms with E-state index >= 15 is 0 Å². The summed E-state index contributed by atoms with van der Waals surface area (Å²) in [5, 5.41) is 2.51. The van der Waals surface area contributed by atoms with Crippen LogP contribution in [0.15, 0.2) is 0 Å². The summed E-state index contributed by atoms with van der Waals surface area (Å²) >= 11 is 1.57. The van der Waals surface area contributed by atoms with E-state index in [9.17, 15) is 9.59 Å². The number of ether oxygens (including phenoxy) is 1. The molecule has 0 heterocycles. The van der Waals surface area contributed by atoms with Crippen LogP contribution in [-0.4, -0.2) is 36.5 Å². The van der Waals surface area contributed by atoms with Crippen LogP contribution in [0.3, 0.4) is 0 Å². The largest absolute Gasteiger partial charge is 0.469 e. The molecule has 1 rings (SSSR count). The molecule has 4 nitrogen and oxygen atoms in total.